The summed E-state index contributed by atoms with van der Waals surface area (Å²) in [5.74, 6) is 0.830. The summed E-state index contributed by atoms with van der Waals surface area (Å²) in [5, 5.41) is 3.60. The summed E-state index contributed by atoms with van der Waals surface area (Å²) in [6, 6.07) is 0.550. The van der Waals surface area contributed by atoms with Crippen molar-refractivity contribution in [3.05, 3.63) is 0 Å². The molecule has 1 aliphatic rings. The first-order valence-electron chi connectivity index (χ1n) is 8.16. The maximum Gasteiger partial charge on any atom is 0.0725 e. The molecule has 0 aromatic carbocycles. The Bertz CT molecular complexity index is 184. The molecule has 2 atom stereocenters. The van der Waals surface area contributed by atoms with Crippen molar-refractivity contribution in [1.29, 1.82) is 0 Å². The Kier molecular flexibility index (Phi) is 8.70. The summed E-state index contributed by atoms with van der Waals surface area (Å²) in [4.78, 5) is 0. The van der Waals surface area contributed by atoms with Crippen molar-refractivity contribution in [3.63, 3.8) is 0 Å². The third-order valence-electron chi connectivity index (χ3n) is 4.19. The predicted octanol–water partition coefficient (Wildman–Crippen LogP) is 4.14. The zero-order chi connectivity index (χ0) is 13.2. The Labute approximate surface area is 114 Å². The van der Waals surface area contributed by atoms with E-state index in [1.54, 1.807) is 0 Å². The van der Waals surface area contributed by atoms with Gasteiger partial charge in [-0.05, 0) is 38.1 Å². The Morgan fingerprint density at radius 2 is 1.83 bits per heavy atom. The minimum Gasteiger partial charge on any atom is -0.376 e. The molecule has 0 amide bonds. The number of hydrogen-bond donors (Lipinski definition) is 1. The smallest absolute Gasteiger partial charge is 0.0725 e. The molecule has 0 aliphatic heterocycles. The van der Waals surface area contributed by atoms with Crippen LogP contribution in [0.5, 0.6) is 0 Å². The minimum absolute atomic E-state index is 0.409. The zero-order valence-corrected chi connectivity index (χ0v) is 12.7. The molecule has 1 saturated carbocycles. The highest BCUT2D eigenvalue weighted by Gasteiger charge is 2.21. The van der Waals surface area contributed by atoms with Crippen LogP contribution in [0.3, 0.4) is 0 Å². The van der Waals surface area contributed by atoms with E-state index in [0.717, 1.165) is 25.5 Å². The topological polar surface area (TPSA) is 21.3 Å². The van der Waals surface area contributed by atoms with E-state index in [9.17, 15) is 0 Å². The summed E-state index contributed by atoms with van der Waals surface area (Å²) in [6.07, 6.45) is 11.0. The third kappa shape index (κ3) is 5.71. The van der Waals surface area contributed by atoms with Gasteiger partial charge < -0.3 is 10.1 Å². The van der Waals surface area contributed by atoms with E-state index in [-0.39, 0.29) is 0 Å². The number of nitrogens with one attached hydrogen (secondary N) is 1. The molecule has 1 aliphatic carbocycles. The van der Waals surface area contributed by atoms with Crippen LogP contribution in [0.1, 0.15) is 72.1 Å². The Morgan fingerprint density at radius 3 is 2.39 bits per heavy atom. The van der Waals surface area contributed by atoms with E-state index in [0.29, 0.717) is 12.1 Å². The Balaban J connectivity index is 2.32. The van der Waals surface area contributed by atoms with Crippen LogP contribution >= 0.6 is 0 Å². The fourth-order valence-electron chi connectivity index (χ4n) is 3.12. The molecule has 0 radical (unpaired) electrons. The molecule has 18 heavy (non-hydrogen) atoms. The maximum absolute atomic E-state index is 6.24. The lowest BCUT2D eigenvalue weighted by atomic mass is 9.90. The molecule has 2 heteroatoms. The largest absolute Gasteiger partial charge is 0.376 e. The van der Waals surface area contributed by atoms with E-state index in [1.807, 2.05) is 0 Å². The predicted molar refractivity (Wildman–Crippen MR) is 79.0 cm³/mol. The van der Waals surface area contributed by atoms with Gasteiger partial charge in [-0.3, -0.25) is 0 Å². The fourth-order valence-corrected chi connectivity index (χ4v) is 3.12. The average Bonchev–Trinajstić information content (AvgIpc) is 2.41. The van der Waals surface area contributed by atoms with Crippen molar-refractivity contribution >= 4 is 0 Å². The second-order valence-electron chi connectivity index (χ2n) is 5.74. The van der Waals surface area contributed by atoms with Gasteiger partial charge in [0, 0.05) is 12.6 Å². The molecule has 1 fully saturated rings. The van der Waals surface area contributed by atoms with Crippen LogP contribution in [0.25, 0.3) is 0 Å². The van der Waals surface area contributed by atoms with E-state index in [1.165, 1.54) is 44.9 Å². The molecule has 0 aromatic heterocycles. The van der Waals surface area contributed by atoms with Gasteiger partial charge in [-0.1, -0.05) is 46.5 Å². The van der Waals surface area contributed by atoms with Gasteiger partial charge in [0.25, 0.3) is 0 Å². The highest BCUT2D eigenvalue weighted by molar-refractivity contribution is 4.76. The van der Waals surface area contributed by atoms with Crippen LogP contribution in [-0.2, 0) is 4.74 Å². The number of ether oxygens (including phenoxy) is 1. The van der Waals surface area contributed by atoms with Gasteiger partial charge in [0.15, 0.2) is 0 Å². The molecular weight excluding hydrogens is 222 g/mol. The van der Waals surface area contributed by atoms with Gasteiger partial charge in [-0.25, -0.2) is 0 Å². The Morgan fingerprint density at radius 1 is 1.11 bits per heavy atom. The number of likely N-dealkylation sites (N-methyl/N-ethyl adjacent to an activating group) is 1. The summed E-state index contributed by atoms with van der Waals surface area (Å²) in [6.45, 7) is 8.75. The molecule has 0 aromatic rings. The quantitative estimate of drug-likeness (QED) is 0.668. The summed E-state index contributed by atoms with van der Waals surface area (Å²) < 4.78 is 6.24. The SMILES string of the molecule is CCCC(NCC)C(CC)OCC1CCCCC1. The van der Waals surface area contributed by atoms with Gasteiger partial charge in [-0.2, -0.15) is 0 Å². The van der Waals surface area contributed by atoms with E-state index < -0.39 is 0 Å². The number of hydrogen-bond acceptors (Lipinski definition) is 2. The normalized spacial score (nSPS) is 20.8. The van der Waals surface area contributed by atoms with Crippen molar-refractivity contribution in [2.45, 2.75) is 84.3 Å². The maximum atomic E-state index is 6.24. The lowest BCUT2D eigenvalue weighted by Crippen LogP contribution is -2.41. The number of rotatable bonds is 9. The molecule has 1 rings (SSSR count). The van der Waals surface area contributed by atoms with Crippen molar-refractivity contribution < 1.29 is 4.74 Å². The molecule has 108 valence electrons. The molecule has 2 unspecified atom stereocenters. The zero-order valence-electron chi connectivity index (χ0n) is 12.7. The van der Waals surface area contributed by atoms with Crippen molar-refractivity contribution in [2.24, 2.45) is 5.92 Å². The molecule has 0 spiro atoms. The molecule has 0 bridgehead atoms. The van der Waals surface area contributed by atoms with Crippen LogP contribution in [-0.4, -0.2) is 25.3 Å². The minimum atomic E-state index is 0.409. The van der Waals surface area contributed by atoms with Crippen LogP contribution in [0, 0.1) is 5.92 Å². The first-order valence-corrected chi connectivity index (χ1v) is 8.16. The van der Waals surface area contributed by atoms with Crippen molar-refractivity contribution in [2.75, 3.05) is 13.2 Å². The van der Waals surface area contributed by atoms with Gasteiger partial charge in [0.2, 0.25) is 0 Å². The molecule has 2 nitrogen and oxygen atoms in total. The lowest BCUT2D eigenvalue weighted by Gasteiger charge is -2.30. The van der Waals surface area contributed by atoms with Gasteiger partial charge >= 0.3 is 0 Å². The second-order valence-corrected chi connectivity index (χ2v) is 5.74. The van der Waals surface area contributed by atoms with E-state index >= 15 is 0 Å². The van der Waals surface area contributed by atoms with E-state index in [4.69, 9.17) is 4.74 Å². The van der Waals surface area contributed by atoms with E-state index in [2.05, 4.69) is 26.1 Å². The lowest BCUT2D eigenvalue weighted by molar-refractivity contribution is -0.00418. The summed E-state index contributed by atoms with van der Waals surface area (Å²) in [5.41, 5.74) is 0. The van der Waals surface area contributed by atoms with Gasteiger partial charge in [-0.15, -0.1) is 0 Å². The van der Waals surface area contributed by atoms with Crippen molar-refractivity contribution in [1.82, 2.24) is 5.32 Å². The first-order chi connectivity index (χ1) is 8.81. The second kappa shape index (κ2) is 9.80. The first kappa shape index (κ1) is 16.0. The standard InChI is InChI=1S/C16H33NO/c1-4-10-15(17-6-3)16(5-2)18-13-14-11-8-7-9-12-14/h14-17H,4-13H2,1-3H3. The highest BCUT2D eigenvalue weighted by Crippen LogP contribution is 2.24. The summed E-state index contributed by atoms with van der Waals surface area (Å²) in [7, 11) is 0. The Hall–Kier alpha value is -0.0800. The van der Waals surface area contributed by atoms with Crippen LogP contribution in [0.15, 0.2) is 0 Å². The highest BCUT2D eigenvalue weighted by atomic mass is 16.5. The third-order valence-corrected chi connectivity index (χ3v) is 4.19. The van der Waals surface area contributed by atoms with Gasteiger partial charge in [0.1, 0.15) is 0 Å². The average molecular weight is 255 g/mol. The van der Waals surface area contributed by atoms with Crippen LogP contribution in [0.4, 0.5) is 0 Å². The molecular formula is C16H33NO. The van der Waals surface area contributed by atoms with Crippen LogP contribution in [0.2, 0.25) is 0 Å². The molecule has 0 heterocycles. The van der Waals surface area contributed by atoms with Crippen LogP contribution < -0.4 is 5.32 Å². The van der Waals surface area contributed by atoms with Crippen molar-refractivity contribution in [3.8, 4) is 0 Å². The summed E-state index contributed by atoms with van der Waals surface area (Å²) >= 11 is 0. The molecule has 0 saturated heterocycles. The molecule has 1 N–H and O–H groups in total. The fraction of sp³-hybridized carbons (Fsp3) is 1.00. The van der Waals surface area contributed by atoms with Gasteiger partial charge in [0.05, 0.1) is 6.10 Å². The monoisotopic (exact) mass is 255 g/mol.